The first-order valence-electron chi connectivity index (χ1n) is 3.44. The Morgan fingerprint density at radius 1 is 1.42 bits per heavy atom. The first-order chi connectivity index (χ1) is 5.77. The van der Waals surface area contributed by atoms with E-state index < -0.39 is 0 Å². The van der Waals surface area contributed by atoms with E-state index in [1.165, 1.54) is 0 Å². The van der Waals surface area contributed by atoms with Crippen molar-refractivity contribution in [1.29, 1.82) is 0 Å². The van der Waals surface area contributed by atoms with Crippen molar-refractivity contribution in [3.8, 4) is 5.75 Å². The Balaban J connectivity index is 2.97. The molecule has 1 aromatic heterocycles. The SMILES string of the molecule is Oc1cccc2cnc(=S)[nH]c12. The maximum absolute atomic E-state index is 9.39. The van der Waals surface area contributed by atoms with Crippen LogP contribution >= 0.6 is 12.2 Å². The number of phenolic OH excluding ortho intramolecular Hbond substituents is 1. The van der Waals surface area contributed by atoms with Crippen LogP contribution in [0, 0.1) is 4.77 Å². The lowest BCUT2D eigenvalue weighted by Gasteiger charge is -1.98. The third kappa shape index (κ3) is 1.06. The summed E-state index contributed by atoms with van der Waals surface area (Å²) in [7, 11) is 0. The number of nitrogens with zero attached hydrogens (tertiary/aromatic N) is 1. The van der Waals surface area contributed by atoms with E-state index in [0.29, 0.717) is 10.3 Å². The molecule has 0 saturated carbocycles. The molecule has 4 heteroatoms. The zero-order valence-corrected chi connectivity index (χ0v) is 6.93. The van der Waals surface area contributed by atoms with Crippen molar-refractivity contribution in [3.05, 3.63) is 29.2 Å². The average molecular weight is 178 g/mol. The molecule has 0 bridgehead atoms. The molecule has 1 heterocycles. The summed E-state index contributed by atoms with van der Waals surface area (Å²) in [5, 5.41) is 10.2. The van der Waals surface area contributed by atoms with E-state index in [2.05, 4.69) is 9.97 Å². The summed E-state index contributed by atoms with van der Waals surface area (Å²) in [5.41, 5.74) is 0.637. The average Bonchev–Trinajstić information content (AvgIpc) is 2.07. The minimum atomic E-state index is 0.195. The number of hydrogen-bond acceptors (Lipinski definition) is 3. The van der Waals surface area contributed by atoms with Gasteiger partial charge in [0.1, 0.15) is 5.75 Å². The fourth-order valence-electron chi connectivity index (χ4n) is 1.07. The van der Waals surface area contributed by atoms with Gasteiger partial charge in [-0.15, -0.1) is 0 Å². The molecule has 0 fully saturated rings. The lowest BCUT2D eigenvalue weighted by Crippen LogP contribution is -1.83. The number of benzene rings is 1. The van der Waals surface area contributed by atoms with E-state index in [9.17, 15) is 5.11 Å². The van der Waals surface area contributed by atoms with Crippen LogP contribution in [0.25, 0.3) is 10.9 Å². The van der Waals surface area contributed by atoms with Gasteiger partial charge >= 0.3 is 0 Å². The van der Waals surface area contributed by atoms with Crippen LogP contribution in [-0.4, -0.2) is 15.1 Å². The zero-order chi connectivity index (χ0) is 8.55. The fourth-order valence-corrected chi connectivity index (χ4v) is 1.22. The molecule has 2 N–H and O–H groups in total. The van der Waals surface area contributed by atoms with Gasteiger partial charge in [0.05, 0.1) is 5.52 Å². The van der Waals surface area contributed by atoms with Gasteiger partial charge in [-0.1, -0.05) is 12.1 Å². The van der Waals surface area contributed by atoms with Gasteiger partial charge in [-0.05, 0) is 18.3 Å². The second kappa shape index (κ2) is 2.57. The molecule has 0 saturated heterocycles. The van der Waals surface area contributed by atoms with Crippen LogP contribution < -0.4 is 0 Å². The third-order valence-electron chi connectivity index (χ3n) is 1.63. The summed E-state index contributed by atoms with van der Waals surface area (Å²) in [6.45, 7) is 0. The Morgan fingerprint density at radius 3 is 3.08 bits per heavy atom. The van der Waals surface area contributed by atoms with E-state index in [0.717, 1.165) is 5.39 Å². The van der Waals surface area contributed by atoms with Gasteiger partial charge < -0.3 is 10.1 Å². The summed E-state index contributed by atoms with van der Waals surface area (Å²) < 4.78 is 0.379. The van der Waals surface area contributed by atoms with Crippen LogP contribution in [0.2, 0.25) is 0 Å². The number of aromatic amines is 1. The lowest BCUT2D eigenvalue weighted by atomic mass is 10.2. The van der Waals surface area contributed by atoms with E-state index in [-0.39, 0.29) is 5.75 Å². The Kier molecular flexibility index (Phi) is 1.55. The predicted molar refractivity (Wildman–Crippen MR) is 48.6 cm³/mol. The van der Waals surface area contributed by atoms with Crippen molar-refractivity contribution < 1.29 is 5.11 Å². The molecule has 1 aromatic carbocycles. The largest absolute Gasteiger partial charge is 0.506 e. The third-order valence-corrected chi connectivity index (χ3v) is 1.83. The maximum Gasteiger partial charge on any atom is 0.197 e. The molecular formula is C8H6N2OS. The highest BCUT2D eigenvalue weighted by molar-refractivity contribution is 7.71. The Bertz CT molecular complexity index is 478. The zero-order valence-electron chi connectivity index (χ0n) is 6.11. The Labute approximate surface area is 73.7 Å². The van der Waals surface area contributed by atoms with Crippen molar-refractivity contribution in [3.63, 3.8) is 0 Å². The number of para-hydroxylation sites is 1. The van der Waals surface area contributed by atoms with Crippen molar-refractivity contribution in [2.45, 2.75) is 0 Å². The molecule has 0 aliphatic rings. The van der Waals surface area contributed by atoms with E-state index in [1.54, 1.807) is 18.3 Å². The second-order valence-corrected chi connectivity index (χ2v) is 2.82. The highest BCUT2D eigenvalue weighted by Gasteiger charge is 1.97. The summed E-state index contributed by atoms with van der Waals surface area (Å²) in [6, 6.07) is 5.22. The number of aromatic hydroxyl groups is 1. The number of phenols is 1. The van der Waals surface area contributed by atoms with E-state index in [4.69, 9.17) is 12.2 Å². The van der Waals surface area contributed by atoms with Crippen LogP contribution in [-0.2, 0) is 0 Å². The molecule has 3 nitrogen and oxygen atoms in total. The molecule has 12 heavy (non-hydrogen) atoms. The summed E-state index contributed by atoms with van der Waals surface area (Å²) in [5.74, 6) is 0.195. The molecule has 0 radical (unpaired) electrons. The van der Waals surface area contributed by atoms with Gasteiger partial charge in [-0.3, -0.25) is 0 Å². The Hall–Kier alpha value is -1.42. The standard InChI is InChI=1S/C8H6N2OS/c11-6-3-1-2-5-4-9-8(12)10-7(5)6/h1-4,11H,(H,9,10,12). The summed E-state index contributed by atoms with van der Waals surface area (Å²) >= 11 is 4.82. The van der Waals surface area contributed by atoms with Gasteiger partial charge in [0, 0.05) is 11.6 Å². The molecule has 0 aliphatic heterocycles. The lowest BCUT2D eigenvalue weighted by molar-refractivity contribution is 0.480. The van der Waals surface area contributed by atoms with Gasteiger partial charge in [0.2, 0.25) is 0 Å². The summed E-state index contributed by atoms with van der Waals surface area (Å²) in [6.07, 6.45) is 1.63. The first-order valence-corrected chi connectivity index (χ1v) is 3.85. The number of hydrogen-bond donors (Lipinski definition) is 2. The second-order valence-electron chi connectivity index (χ2n) is 2.43. The summed E-state index contributed by atoms with van der Waals surface area (Å²) in [4.78, 5) is 6.71. The minimum Gasteiger partial charge on any atom is -0.506 e. The van der Waals surface area contributed by atoms with Gasteiger partial charge in [-0.2, -0.15) is 0 Å². The molecule has 60 valence electrons. The van der Waals surface area contributed by atoms with Gasteiger partial charge in [0.25, 0.3) is 0 Å². The Morgan fingerprint density at radius 2 is 2.25 bits per heavy atom. The van der Waals surface area contributed by atoms with Crippen LogP contribution in [0.5, 0.6) is 5.75 Å². The minimum absolute atomic E-state index is 0.195. The van der Waals surface area contributed by atoms with Crippen molar-refractivity contribution in [2.75, 3.05) is 0 Å². The number of aromatic nitrogens is 2. The maximum atomic E-state index is 9.39. The molecule has 0 spiro atoms. The van der Waals surface area contributed by atoms with Crippen molar-refractivity contribution in [1.82, 2.24) is 9.97 Å². The molecule has 0 atom stereocenters. The predicted octanol–water partition coefficient (Wildman–Crippen LogP) is 2.00. The first kappa shape index (κ1) is 7.24. The quantitative estimate of drug-likeness (QED) is 0.606. The van der Waals surface area contributed by atoms with E-state index in [1.807, 2.05) is 6.07 Å². The number of H-pyrrole nitrogens is 1. The number of rotatable bonds is 0. The molecular weight excluding hydrogens is 172 g/mol. The van der Waals surface area contributed by atoms with Crippen molar-refractivity contribution >= 4 is 23.1 Å². The van der Waals surface area contributed by atoms with E-state index >= 15 is 0 Å². The molecule has 0 amide bonds. The highest BCUT2D eigenvalue weighted by atomic mass is 32.1. The molecule has 0 aliphatic carbocycles. The van der Waals surface area contributed by atoms with Crippen LogP contribution in [0.15, 0.2) is 24.4 Å². The smallest absolute Gasteiger partial charge is 0.197 e. The van der Waals surface area contributed by atoms with Crippen LogP contribution in [0.1, 0.15) is 0 Å². The fraction of sp³-hybridized carbons (Fsp3) is 0. The van der Waals surface area contributed by atoms with Crippen molar-refractivity contribution in [2.24, 2.45) is 0 Å². The molecule has 2 aromatic rings. The topological polar surface area (TPSA) is 48.9 Å². The van der Waals surface area contributed by atoms with Crippen LogP contribution in [0.4, 0.5) is 0 Å². The van der Waals surface area contributed by atoms with Gasteiger partial charge in [-0.25, -0.2) is 4.98 Å². The van der Waals surface area contributed by atoms with Crippen LogP contribution in [0.3, 0.4) is 0 Å². The number of fused-ring (bicyclic) bond motifs is 1. The highest BCUT2D eigenvalue weighted by Crippen LogP contribution is 2.20. The molecule has 2 rings (SSSR count). The monoisotopic (exact) mass is 178 g/mol. The van der Waals surface area contributed by atoms with Gasteiger partial charge in [0.15, 0.2) is 4.77 Å². The normalized spacial score (nSPS) is 10.3. The number of nitrogens with one attached hydrogen (secondary N) is 1. The molecule has 0 unspecified atom stereocenters.